The number of rotatable bonds is 4. The van der Waals surface area contributed by atoms with Crippen LogP contribution in [-0.4, -0.2) is 17.1 Å². The minimum absolute atomic E-state index is 0.184. The Morgan fingerprint density at radius 2 is 2.10 bits per heavy atom. The maximum Gasteiger partial charge on any atom is 0.257 e. The summed E-state index contributed by atoms with van der Waals surface area (Å²) in [5.74, 6) is -0.268. The van der Waals surface area contributed by atoms with Gasteiger partial charge in [0.1, 0.15) is 5.15 Å². The van der Waals surface area contributed by atoms with Crippen molar-refractivity contribution in [2.45, 2.75) is 12.2 Å². The Bertz CT molecular complexity index is 664. The molecule has 0 aliphatic carbocycles. The van der Waals surface area contributed by atoms with Gasteiger partial charge in [-0.3, -0.25) is 4.79 Å². The van der Waals surface area contributed by atoms with Crippen LogP contribution in [0.25, 0.3) is 0 Å². The number of halogens is 2. The van der Waals surface area contributed by atoms with Crippen molar-refractivity contribution in [3.05, 3.63) is 57.8 Å². The zero-order valence-corrected chi connectivity index (χ0v) is 13.9. The van der Waals surface area contributed by atoms with Crippen LogP contribution in [0.1, 0.15) is 28.1 Å². The number of hydrogen-bond acceptors (Lipinski definition) is 3. The van der Waals surface area contributed by atoms with E-state index in [0.717, 1.165) is 11.3 Å². The quantitative estimate of drug-likeness (QED) is 0.790. The highest BCUT2D eigenvalue weighted by molar-refractivity contribution is 7.98. The SMILES string of the molecule is CSC(C)c1cccc(NC(=O)c2cnc(Cl)c(Cl)c2)c1. The third kappa shape index (κ3) is 4.13. The molecule has 0 fully saturated rings. The molecule has 0 aliphatic heterocycles. The Balaban J connectivity index is 2.17. The van der Waals surface area contributed by atoms with Crippen LogP contribution < -0.4 is 5.32 Å². The number of benzene rings is 1. The second-order valence-corrected chi connectivity index (χ2v) is 6.40. The van der Waals surface area contributed by atoms with Crippen LogP contribution in [0.5, 0.6) is 0 Å². The summed E-state index contributed by atoms with van der Waals surface area (Å²) in [7, 11) is 0. The van der Waals surface area contributed by atoms with E-state index >= 15 is 0 Å². The molecule has 3 nitrogen and oxygen atoms in total. The van der Waals surface area contributed by atoms with E-state index in [-0.39, 0.29) is 16.1 Å². The van der Waals surface area contributed by atoms with E-state index in [2.05, 4.69) is 23.5 Å². The van der Waals surface area contributed by atoms with Crippen molar-refractivity contribution < 1.29 is 4.79 Å². The van der Waals surface area contributed by atoms with Crippen molar-refractivity contribution in [1.29, 1.82) is 0 Å². The largest absolute Gasteiger partial charge is 0.322 e. The van der Waals surface area contributed by atoms with Crippen LogP contribution in [0, 0.1) is 0 Å². The summed E-state index contributed by atoms with van der Waals surface area (Å²) in [6.07, 6.45) is 3.45. The second kappa shape index (κ2) is 7.16. The first kappa shape index (κ1) is 16.1. The fraction of sp³-hybridized carbons (Fsp3) is 0.200. The molecule has 1 aromatic heterocycles. The number of anilines is 1. The van der Waals surface area contributed by atoms with Crippen molar-refractivity contribution in [2.24, 2.45) is 0 Å². The lowest BCUT2D eigenvalue weighted by Gasteiger charge is -2.11. The molecule has 1 unspecified atom stereocenters. The van der Waals surface area contributed by atoms with E-state index in [1.165, 1.54) is 12.3 Å². The molecule has 1 amide bonds. The monoisotopic (exact) mass is 340 g/mol. The van der Waals surface area contributed by atoms with E-state index < -0.39 is 0 Å². The maximum absolute atomic E-state index is 12.2. The first-order chi connectivity index (χ1) is 10.0. The minimum atomic E-state index is -0.268. The van der Waals surface area contributed by atoms with Gasteiger partial charge in [-0.05, 0) is 36.9 Å². The number of hydrogen-bond donors (Lipinski definition) is 1. The van der Waals surface area contributed by atoms with Crippen molar-refractivity contribution in [2.75, 3.05) is 11.6 Å². The van der Waals surface area contributed by atoms with Crippen molar-refractivity contribution in [1.82, 2.24) is 4.98 Å². The molecule has 2 aromatic rings. The Labute approximate surface area is 138 Å². The zero-order valence-electron chi connectivity index (χ0n) is 11.6. The number of aromatic nitrogens is 1. The highest BCUT2D eigenvalue weighted by Crippen LogP contribution is 2.27. The van der Waals surface area contributed by atoms with Gasteiger partial charge in [0, 0.05) is 17.1 Å². The molecule has 110 valence electrons. The van der Waals surface area contributed by atoms with Gasteiger partial charge >= 0.3 is 0 Å². The molecule has 0 saturated carbocycles. The average Bonchev–Trinajstić information content (AvgIpc) is 2.49. The molecule has 0 aliphatic rings. The number of carbonyl (C=O) groups excluding carboxylic acids is 1. The average molecular weight is 341 g/mol. The van der Waals surface area contributed by atoms with Crippen LogP contribution in [0.15, 0.2) is 36.5 Å². The van der Waals surface area contributed by atoms with Crippen LogP contribution in [0.3, 0.4) is 0 Å². The Hall–Kier alpha value is -1.23. The maximum atomic E-state index is 12.2. The summed E-state index contributed by atoms with van der Waals surface area (Å²) in [6, 6.07) is 9.27. The summed E-state index contributed by atoms with van der Waals surface area (Å²) in [5.41, 5.74) is 2.27. The van der Waals surface area contributed by atoms with E-state index in [1.54, 1.807) is 11.8 Å². The number of nitrogens with zero attached hydrogens (tertiary/aromatic N) is 1. The van der Waals surface area contributed by atoms with Crippen LogP contribution in [0.4, 0.5) is 5.69 Å². The molecule has 1 heterocycles. The van der Waals surface area contributed by atoms with E-state index in [1.807, 2.05) is 24.3 Å². The van der Waals surface area contributed by atoms with Crippen LogP contribution >= 0.6 is 35.0 Å². The molecule has 0 bridgehead atoms. The summed E-state index contributed by atoms with van der Waals surface area (Å²) in [6.45, 7) is 2.12. The molecule has 0 radical (unpaired) electrons. The third-order valence-corrected chi connectivity index (χ3v) is 4.69. The second-order valence-electron chi connectivity index (χ2n) is 4.45. The first-order valence-corrected chi connectivity index (χ1v) is 8.31. The predicted molar refractivity (Wildman–Crippen MR) is 90.6 cm³/mol. The highest BCUT2D eigenvalue weighted by atomic mass is 35.5. The van der Waals surface area contributed by atoms with Gasteiger partial charge in [0.2, 0.25) is 0 Å². The Kier molecular flexibility index (Phi) is 5.51. The van der Waals surface area contributed by atoms with Gasteiger partial charge < -0.3 is 5.32 Å². The van der Waals surface area contributed by atoms with Crippen LogP contribution in [-0.2, 0) is 0 Å². The summed E-state index contributed by atoms with van der Waals surface area (Å²) in [4.78, 5) is 16.0. The molecule has 1 aromatic carbocycles. The van der Waals surface area contributed by atoms with Gasteiger partial charge in [-0.1, -0.05) is 35.3 Å². The normalized spacial score (nSPS) is 12.0. The standard InChI is InChI=1S/C15H14Cl2N2OS/c1-9(21-2)10-4-3-5-12(6-10)19-15(20)11-7-13(16)14(17)18-8-11/h3-9H,1-2H3,(H,19,20). The number of nitrogens with one attached hydrogen (secondary N) is 1. The zero-order chi connectivity index (χ0) is 15.4. The van der Waals surface area contributed by atoms with Gasteiger partial charge in [-0.25, -0.2) is 4.98 Å². The van der Waals surface area contributed by atoms with Crippen molar-refractivity contribution in [3.8, 4) is 0 Å². The molecular weight excluding hydrogens is 327 g/mol. The molecule has 1 atom stereocenters. The molecule has 0 spiro atoms. The van der Waals surface area contributed by atoms with Gasteiger partial charge in [0.25, 0.3) is 5.91 Å². The molecule has 21 heavy (non-hydrogen) atoms. The summed E-state index contributed by atoms with van der Waals surface area (Å²) >= 11 is 13.4. The summed E-state index contributed by atoms with van der Waals surface area (Å²) < 4.78 is 0. The first-order valence-electron chi connectivity index (χ1n) is 6.26. The van der Waals surface area contributed by atoms with Crippen LogP contribution in [0.2, 0.25) is 10.2 Å². The van der Waals surface area contributed by atoms with Gasteiger partial charge in [0.15, 0.2) is 0 Å². The number of thioether (sulfide) groups is 1. The predicted octanol–water partition coefficient (Wildman–Crippen LogP) is 5.06. The third-order valence-electron chi connectivity index (χ3n) is 3.03. The Morgan fingerprint density at radius 1 is 1.33 bits per heavy atom. The minimum Gasteiger partial charge on any atom is -0.322 e. The highest BCUT2D eigenvalue weighted by Gasteiger charge is 2.10. The lowest BCUT2D eigenvalue weighted by molar-refractivity contribution is 0.102. The molecule has 0 saturated heterocycles. The lowest BCUT2D eigenvalue weighted by atomic mass is 10.1. The molecule has 6 heteroatoms. The smallest absolute Gasteiger partial charge is 0.257 e. The number of amides is 1. The Morgan fingerprint density at radius 3 is 2.76 bits per heavy atom. The molecular formula is C15H14Cl2N2OS. The van der Waals surface area contributed by atoms with Gasteiger partial charge in [-0.15, -0.1) is 0 Å². The van der Waals surface area contributed by atoms with Gasteiger partial charge in [-0.2, -0.15) is 11.8 Å². The van der Waals surface area contributed by atoms with Crippen molar-refractivity contribution >= 4 is 46.6 Å². The van der Waals surface area contributed by atoms with E-state index in [0.29, 0.717) is 10.8 Å². The molecule has 1 N–H and O–H groups in total. The molecule has 2 rings (SSSR count). The lowest BCUT2D eigenvalue weighted by Crippen LogP contribution is -2.12. The topological polar surface area (TPSA) is 42.0 Å². The fourth-order valence-electron chi connectivity index (χ4n) is 1.75. The van der Waals surface area contributed by atoms with E-state index in [4.69, 9.17) is 23.2 Å². The summed E-state index contributed by atoms with van der Waals surface area (Å²) in [5, 5.41) is 3.65. The van der Waals surface area contributed by atoms with E-state index in [9.17, 15) is 4.79 Å². The van der Waals surface area contributed by atoms with Crippen molar-refractivity contribution in [3.63, 3.8) is 0 Å². The number of pyridine rings is 1. The van der Waals surface area contributed by atoms with Gasteiger partial charge in [0.05, 0.1) is 10.6 Å². The fourth-order valence-corrected chi connectivity index (χ4v) is 2.44. The number of carbonyl (C=O) groups is 1.